The molecule has 0 unspecified atom stereocenters. The molecule has 2 amide bonds. The first kappa shape index (κ1) is 15.0. The highest BCUT2D eigenvalue weighted by molar-refractivity contribution is 8.26. The van der Waals surface area contributed by atoms with Crippen LogP contribution in [0.4, 0.5) is 0 Å². The van der Waals surface area contributed by atoms with E-state index in [9.17, 15) is 9.59 Å². The third-order valence-corrected chi connectivity index (χ3v) is 5.02. The van der Waals surface area contributed by atoms with Crippen molar-refractivity contribution < 1.29 is 9.59 Å². The Morgan fingerprint density at radius 1 is 1.18 bits per heavy atom. The summed E-state index contributed by atoms with van der Waals surface area (Å²) in [6.45, 7) is 0. The van der Waals surface area contributed by atoms with Crippen molar-refractivity contribution in [2.45, 2.75) is 0 Å². The highest BCUT2D eigenvalue weighted by atomic mass is 32.2. The third kappa shape index (κ3) is 3.11. The maximum Gasteiger partial charge on any atom is 0.285 e. The molecule has 1 fully saturated rings. The number of hydrogen-bond acceptors (Lipinski definition) is 5. The number of carbonyl (C=O) groups excluding carboxylic acids is 2. The highest BCUT2D eigenvalue weighted by Gasteiger charge is 2.33. The van der Waals surface area contributed by atoms with Crippen LogP contribution in [0.15, 0.2) is 52.7 Å². The van der Waals surface area contributed by atoms with Gasteiger partial charge in [-0.15, -0.1) is 11.3 Å². The summed E-state index contributed by atoms with van der Waals surface area (Å²) in [7, 11) is 0. The second-order valence-corrected chi connectivity index (χ2v) is 6.97. The van der Waals surface area contributed by atoms with E-state index in [4.69, 9.17) is 12.2 Å². The number of carbonyl (C=O) groups is 2. The molecule has 2 heterocycles. The molecule has 3 rings (SSSR count). The lowest BCUT2D eigenvalue weighted by Gasteiger charge is -2.14. The molecule has 0 bridgehead atoms. The van der Waals surface area contributed by atoms with Gasteiger partial charge in [0.05, 0.1) is 9.78 Å². The molecule has 22 heavy (non-hydrogen) atoms. The summed E-state index contributed by atoms with van der Waals surface area (Å²) in [5, 5.41) is 2.92. The van der Waals surface area contributed by atoms with E-state index in [2.05, 4.69) is 5.43 Å². The maximum absolute atomic E-state index is 12.4. The predicted molar refractivity (Wildman–Crippen MR) is 93.2 cm³/mol. The van der Waals surface area contributed by atoms with Crippen LogP contribution in [0.3, 0.4) is 0 Å². The lowest BCUT2D eigenvalue weighted by molar-refractivity contribution is -0.123. The van der Waals surface area contributed by atoms with E-state index in [0.29, 0.717) is 14.1 Å². The minimum absolute atomic E-state index is 0.316. The number of rotatable bonds is 3. The Morgan fingerprint density at radius 2 is 1.95 bits per heavy atom. The van der Waals surface area contributed by atoms with E-state index < -0.39 is 0 Å². The number of thiophene rings is 1. The summed E-state index contributed by atoms with van der Waals surface area (Å²) in [6.07, 6.45) is 1.76. The van der Waals surface area contributed by atoms with Gasteiger partial charge in [-0.3, -0.25) is 15.0 Å². The summed E-state index contributed by atoms with van der Waals surface area (Å²) >= 11 is 7.65. The Hall–Kier alpha value is -1.96. The number of hydrazine groups is 1. The molecule has 0 aliphatic carbocycles. The van der Waals surface area contributed by atoms with E-state index >= 15 is 0 Å². The van der Waals surface area contributed by atoms with Gasteiger partial charge in [0.1, 0.15) is 0 Å². The molecule has 1 aromatic carbocycles. The van der Waals surface area contributed by atoms with Crippen molar-refractivity contribution in [3.8, 4) is 0 Å². The summed E-state index contributed by atoms with van der Waals surface area (Å²) < 4.78 is 0.317. The zero-order chi connectivity index (χ0) is 15.5. The molecule has 1 aliphatic heterocycles. The first-order chi connectivity index (χ1) is 10.6. The van der Waals surface area contributed by atoms with E-state index in [1.807, 2.05) is 30.3 Å². The molecule has 110 valence electrons. The van der Waals surface area contributed by atoms with Crippen LogP contribution >= 0.6 is 35.3 Å². The summed E-state index contributed by atoms with van der Waals surface area (Å²) in [5.74, 6) is -0.656. The second kappa shape index (κ2) is 6.43. The number of nitrogens with one attached hydrogen (secondary N) is 1. The molecule has 1 aromatic heterocycles. The number of thioether (sulfide) groups is 1. The number of benzene rings is 1. The highest BCUT2D eigenvalue weighted by Crippen LogP contribution is 2.31. The van der Waals surface area contributed by atoms with Crippen LogP contribution in [-0.4, -0.2) is 21.1 Å². The Bertz CT molecular complexity index is 754. The molecule has 1 N–H and O–H groups in total. The van der Waals surface area contributed by atoms with Gasteiger partial charge in [-0.05, 0) is 35.3 Å². The minimum atomic E-state index is -0.340. The molecule has 2 aromatic rings. The zero-order valence-corrected chi connectivity index (χ0v) is 13.6. The van der Waals surface area contributed by atoms with Gasteiger partial charge in [0.25, 0.3) is 11.8 Å². The lowest BCUT2D eigenvalue weighted by Crippen LogP contribution is -2.44. The van der Waals surface area contributed by atoms with Crippen molar-refractivity contribution in [3.63, 3.8) is 0 Å². The molecule has 0 saturated carbocycles. The second-order valence-electron chi connectivity index (χ2n) is 4.35. The van der Waals surface area contributed by atoms with Crippen LogP contribution in [0, 0.1) is 0 Å². The molecular formula is C15H10N2O2S3. The molecule has 1 aliphatic rings. The number of thiocarbonyl (C=S) groups is 1. The van der Waals surface area contributed by atoms with Gasteiger partial charge in [0.15, 0.2) is 4.32 Å². The summed E-state index contributed by atoms with van der Waals surface area (Å²) in [5.41, 5.74) is 3.46. The first-order valence-corrected chi connectivity index (χ1v) is 8.43. The van der Waals surface area contributed by atoms with Crippen molar-refractivity contribution in [2.24, 2.45) is 0 Å². The molecule has 7 heteroatoms. The van der Waals surface area contributed by atoms with Crippen LogP contribution in [0.1, 0.15) is 15.2 Å². The van der Waals surface area contributed by atoms with E-state index in [1.165, 1.54) is 23.1 Å². The monoisotopic (exact) mass is 346 g/mol. The number of hydrogen-bond donors (Lipinski definition) is 1. The van der Waals surface area contributed by atoms with Crippen molar-refractivity contribution in [1.82, 2.24) is 10.4 Å². The van der Waals surface area contributed by atoms with Gasteiger partial charge in [-0.1, -0.05) is 48.2 Å². The minimum Gasteiger partial charge on any atom is -0.266 e. The summed E-state index contributed by atoms with van der Waals surface area (Å²) in [6, 6.07) is 13.0. The lowest BCUT2D eigenvalue weighted by atomic mass is 10.2. The standard InChI is InChI=1S/C15H10N2O2S3/c18-13(11-7-4-8-21-11)16-17-14(19)12(22-15(17)20)9-10-5-2-1-3-6-10/h1-9H,(H,16,18)/b12-9-. The van der Waals surface area contributed by atoms with Crippen LogP contribution in [-0.2, 0) is 4.79 Å². The van der Waals surface area contributed by atoms with Crippen LogP contribution in [0.25, 0.3) is 6.08 Å². The van der Waals surface area contributed by atoms with Gasteiger partial charge in [-0.2, -0.15) is 5.01 Å². The average molecular weight is 346 g/mol. The molecule has 0 atom stereocenters. The van der Waals surface area contributed by atoms with Gasteiger partial charge in [0.2, 0.25) is 0 Å². The molecule has 1 saturated heterocycles. The Morgan fingerprint density at radius 3 is 2.64 bits per heavy atom. The van der Waals surface area contributed by atoms with Crippen LogP contribution in [0.2, 0.25) is 0 Å². The Balaban J connectivity index is 1.77. The normalized spacial score (nSPS) is 16.4. The fourth-order valence-corrected chi connectivity index (χ4v) is 3.62. The fraction of sp³-hybridized carbons (Fsp3) is 0. The Labute approximate surface area is 140 Å². The zero-order valence-electron chi connectivity index (χ0n) is 11.2. The van der Waals surface area contributed by atoms with Gasteiger partial charge >= 0.3 is 0 Å². The SMILES string of the molecule is O=C(NN1C(=O)/C(=C/c2ccccc2)SC1=S)c1cccs1. The van der Waals surface area contributed by atoms with E-state index in [-0.39, 0.29) is 11.8 Å². The van der Waals surface area contributed by atoms with Gasteiger partial charge < -0.3 is 0 Å². The van der Waals surface area contributed by atoms with Crippen molar-refractivity contribution in [1.29, 1.82) is 0 Å². The maximum atomic E-state index is 12.4. The van der Waals surface area contributed by atoms with Crippen molar-refractivity contribution in [2.75, 3.05) is 0 Å². The third-order valence-electron chi connectivity index (χ3n) is 2.85. The van der Waals surface area contributed by atoms with Gasteiger partial charge in [-0.25, -0.2) is 0 Å². The largest absolute Gasteiger partial charge is 0.285 e. The predicted octanol–water partition coefficient (Wildman–Crippen LogP) is 3.29. The summed E-state index contributed by atoms with van der Waals surface area (Å²) in [4.78, 5) is 25.4. The molecule has 4 nitrogen and oxygen atoms in total. The number of amides is 2. The van der Waals surface area contributed by atoms with Gasteiger partial charge in [0, 0.05) is 0 Å². The van der Waals surface area contributed by atoms with Crippen molar-refractivity contribution in [3.05, 3.63) is 63.2 Å². The molecular weight excluding hydrogens is 336 g/mol. The quantitative estimate of drug-likeness (QED) is 0.684. The van der Waals surface area contributed by atoms with E-state index in [1.54, 1.807) is 23.6 Å². The fourth-order valence-electron chi connectivity index (χ4n) is 1.83. The molecule has 0 spiro atoms. The van der Waals surface area contributed by atoms with E-state index in [0.717, 1.165) is 10.6 Å². The average Bonchev–Trinajstić information content (AvgIpc) is 3.13. The molecule has 0 radical (unpaired) electrons. The smallest absolute Gasteiger partial charge is 0.266 e. The number of nitrogens with zero attached hydrogens (tertiary/aromatic N) is 1. The first-order valence-electron chi connectivity index (χ1n) is 6.32. The van der Waals surface area contributed by atoms with Crippen LogP contribution < -0.4 is 5.43 Å². The topological polar surface area (TPSA) is 49.4 Å². The van der Waals surface area contributed by atoms with Crippen molar-refractivity contribution >= 4 is 57.5 Å². The Kier molecular flexibility index (Phi) is 4.37. The van der Waals surface area contributed by atoms with Crippen LogP contribution in [0.5, 0.6) is 0 Å².